The van der Waals surface area contributed by atoms with Crippen molar-refractivity contribution < 1.29 is 8.42 Å². The van der Waals surface area contributed by atoms with Crippen molar-refractivity contribution in [3.63, 3.8) is 0 Å². The Bertz CT molecular complexity index is 573. The first-order valence-corrected chi connectivity index (χ1v) is 9.04. The van der Waals surface area contributed by atoms with Crippen LogP contribution in [0.4, 0.5) is 5.69 Å². The van der Waals surface area contributed by atoms with E-state index in [0.29, 0.717) is 23.2 Å². The molecule has 110 valence electrons. The van der Waals surface area contributed by atoms with Gasteiger partial charge in [-0.2, -0.15) is 0 Å². The van der Waals surface area contributed by atoms with Gasteiger partial charge in [-0.1, -0.05) is 19.1 Å². The van der Waals surface area contributed by atoms with Crippen LogP contribution in [0.5, 0.6) is 0 Å². The van der Waals surface area contributed by atoms with Crippen LogP contribution in [-0.2, 0) is 9.84 Å². The first kappa shape index (κ1) is 13.9. The summed E-state index contributed by atoms with van der Waals surface area (Å²) in [6.45, 7) is 5.97. The first-order valence-electron chi connectivity index (χ1n) is 7.39. The van der Waals surface area contributed by atoms with Crippen molar-refractivity contribution in [1.29, 1.82) is 0 Å². The Kier molecular flexibility index (Phi) is 3.73. The highest BCUT2D eigenvalue weighted by atomic mass is 32.2. The summed E-state index contributed by atoms with van der Waals surface area (Å²) < 4.78 is 24.8. The molecule has 1 N–H and O–H groups in total. The molecular formula is C15H22N2O2S. The SMILES string of the molecule is CCCS(=O)(=O)c1ccccc1N1CC2CNCC2C1. The van der Waals surface area contributed by atoms with Crippen LogP contribution in [0.1, 0.15) is 13.3 Å². The molecule has 20 heavy (non-hydrogen) atoms. The number of nitrogens with zero attached hydrogens (tertiary/aromatic N) is 1. The van der Waals surface area contributed by atoms with Crippen molar-refractivity contribution in [2.75, 3.05) is 36.8 Å². The third kappa shape index (κ3) is 2.44. The van der Waals surface area contributed by atoms with E-state index in [-0.39, 0.29) is 5.75 Å². The fourth-order valence-corrected chi connectivity index (χ4v) is 4.97. The minimum absolute atomic E-state index is 0.228. The molecule has 0 aromatic heterocycles. The summed E-state index contributed by atoms with van der Waals surface area (Å²) in [4.78, 5) is 2.77. The number of sulfone groups is 1. The summed E-state index contributed by atoms with van der Waals surface area (Å²) in [5, 5.41) is 3.42. The number of para-hydroxylation sites is 1. The molecule has 0 spiro atoms. The van der Waals surface area contributed by atoms with Crippen molar-refractivity contribution in [3.8, 4) is 0 Å². The molecule has 2 aliphatic heterocycles. The van der Waals surface area contributed by atoms with Gasteiger partial charge in [0.25, 0.3) is 0 Å². The lowest BCUT2D eigenvalue weighted by Crippen LogP contribution is -2.27. The van der Waals surface area contributed by atoms with Crippen molar-refractivity contribution in [3.05, 3.63) is 24.3 Å². The molecule has 0 radical (unpaired) electrons. The number of benzene rings is 1. The normalized spacial score (nSPS) is 25.9. The molecule has 2 unspecified atom stereocenters. The van der Waals surface area contributed by atoms with E-state index in [4.69, 9.17) is 0 Å². The molecule has 0 aliphatic carbocycles. The molecule has 2 fully saturated rings. The summed E-state index contributed by atoms with van der Waals surface area (Å²) in [5.41, 5.74) is 0.898. The van der Waals surface area contributed by atoms with E-state index >= 15 is 0 Å². The van der Waals surface area contributed by atoms with E-state index in [9.17, 15) is 8.42 Å². The average Bonchev–Trinajstić information content (AvgIpc) is 2.99. The van der Waals surface area contributed by atoms with E-state index in [0.717, 1.165) is 31.9 Å². The Morgan fingerprint density at radius 1 is 1.20 bits per heavy atom. The molecule has 1 aromatic rings. The number of fused-ring (bicyclic) bond motifs is 1. The predicted octanol–water partition coefficient (Wildman–Crippen LogP) is 1.53. The van der Waals surface area contributed by atoms with Gasteiger partial charge in [0.15, 0.2) is 9.84 Å². The van der Waals surface area contributed by atoms with Crippen molar-refractivity contribution in [2.24, 2.45) is 11.8 Å². The van der Waals surface area contributed by atoms with Crippen molar-refractivity contribution in [2.45, 2.75) is 18.2 Å². The van der Waals surface area contributed by atoms with Crippen LogP contribution < -0.4 is 10.2 Å². The maximum absolute atomic E-state index is 12.4. The first-order chi connectivity index (χ1) is 9.62. The molecule has 0 amide bonds. The second-order valence-electron chi connectivity index (χ2n) is 5.87. The maximum Gasteiger partial charge on any atom is 0.180 e. The van der Waals surface area contributed by atoms with Gasteiger partial charge >= 0.3 is 0 Å². The maximum atomic E-state index is 12.4. The van der Waals surface area contributed by atoms with Gasteiger partial charge < -0.3 is 10.2 Å². The minimum atomic E-state index is -3.16. The second kappa shape index (κ2) is 5.37. The predicted molar refractivity (Wildman–Crippen MR) is 80.8 cm³/mol. The molecule has 5 heteroatoms. The van der Waals surface area contributed by atoms with Crippen LogP contribution >= 0.6 is 0 Å². The summed E-state index contributed by atoms with van der Waals surface area (Å²) in [6.07, 6.45) is 0.659. The third-order valence-corrected chi connectivity index (χ3v) is 6.36. The molecule has 4 nitrogen and oxygen atoms in total. The van der Waals surface area contributed by atoms with Crippen LogP contribution in [0, 0.1) is 11.8 Å². The van der Waals surface area contributed by atoms with Gasteiger partial charge in [-0.05, 0) is 30.4 Å². The molecule has 0 bridgehead atoms. The lowest BCUT2D eigenvalue weighted by Gasteiger charge is -2.22. The summed E-state index contributed by atoms with van der Waals surface area (Å²) in [5.74, 6) is 1.56. The van der Waals surface area contributed by atoms with Gasteiger partial charge in [-0.3, -0.25) is 0 Å². The zero-order valence-corrected chi connectivity index (χ0v) is 12.7. The highest BCUT2D eigenvalue weighted by Crippen LogP contribution is 2.34. The number of hydrogen-bond acceptors (Lipinski definition) is 4. The molecule has 2 heterocycles. The number of rotatable bonds is 4. The quantitative estimate of drug-likeness (QED) is 0.915. The van der Waals surface area contributed by atoms with E-state index in [1.165, 1.54) is 0 Å². The molecule has 1 aromatic carbocycles. The van der Waals surface area contributed by atoms with E-state index < -0.39 is 9.84 Å². The summed E-state index contributed by atoms with van der Waals surface area (Å²) in [6, 6.07) is 7.47. The fourth-order valence-electron chi connectivity index (χ4n) is 3.41. The highest BCUT2D eigenvalue weighted by molar-refractivity contribution is 7.91. The van der Waals surface area contributed by atoms with E-state index in [2.05, 4.69) is 10.2 Å². The molecule has 2 saturated heterocycles. The Balaban J connectivity index is 1.91. The van der Waals surface area contributed by atoms with Gasteiger partial charge in [0, 0.05) is 26.2 Å². The third-order valence-electron chi connectivity index (χ3n) is 4.40. The van der Waals surface area contributed by atoms with Crippen molar-refractivity contribution >= 4 is 15.5 Å². The zero-order valence-electron chi connectivity index (χ0n) is 11.9. The smallest absolute Gasteiger partial charge is 0.180 e. The van der Waals surface area contributed by atoms with Crippen LogP contribution in [0.3, 0.4) is 0 Å². The fraction of sp³-hybridized carbons (Fsp3) is 0.600. The van der Waals surface area contributed by atoms with Crippen molar-refractivity contribution in [1.82, 2.24) is 5.32 Å². The highest BCUT2D eigenvalue weighted by Gasteiger charge is 2.37. The number of anilines is 1. The lowest BCUT2D eigenvalue weighted by molar-refractivity contribution is 0.533. The Labute approximate surface area is 121 Å². The van der Waals surface area contributed by atoms with Crippen LogP contribution in [0.15, 0.2) is 29.2 Å². The molecule has 0 saturated carbocycles. The Morgan fingerprint density at radius 2 is 1.85 bits per heavy atom. The number of nitrogens with one attached hydrogen (secondary N) is 1. The van der Waals surface area contributed by atoms with E-state index in [1.54, 1.807) is 6.07 Å². The van der Waals surface area contributed by atoms with Gasteiger partial charge in [0.05, 0.1) is 16.3 Å². The lowest BCUT2D eigenvalue weighted by atomic mass is 10.0. The summed E-state index contributed by atoms with van der Waals surface area (Å²) in [7, 11) is -3.16. The largest absolute Gasteiger partial charge is 0.370 e. The molecule has 2 aliphatic rings. The molecule has 2 atom stereocenters. The zero-order chi connectivity index (χ0) is 14.2. The molecular weight excluding hydrogens is 272 g/mol. The molecule has 3 rings (SSSR count). The average molecular weight is 294 g/mol. The van der Waals surface area contributed by atoms with Crippen LogP contribution in [0.25, 0.3) is 0 Å². The van der Waals surface area contributed by atoms with Gasteiger partial charge in [0.2, 0.25) is 0 Å². The van der Waals surface area contributed by atoms with Gasteiger partial charge in [0.1, 0.15) is 0 Å². The van der Waals surface area contributed by atoms with Gasteiger partial charge in [-0.15, -0.1) is 0 Å². The summed E-state index contributed by atoms with van der Waals surface area (Å²) >= 11 is 0. The second-order valence-corrected chi connectivity index (χ2v) is 7.95. The minimum Gasteiger partial charge on any atom is -0.370 e. The standard InChI is InChI=1S/C15H22N2O2S/c1-2-7-20(18,19)15-6-4-3-5-14(15)17-10-12-8-16-9-13(12)11-17/h3-6,12-13,16H,2,7-11H2,1H3. The Morgan fingerprint density at radius 3 is 2.50 bits per heavy atom. The monoisotopic (exact) mass is 294 g/mol. The Hall–Kier alpha value is -1.07. The topological polar surface area (TPSA) is 49.4 Å². The van der Waals surface area contributed by atoms with Crippen LogP contribution in [0.2, 0.25) is 0 Å². The van der Waals surface area contributed by atoms with Gasteiger partial charge in [-0.25, -0.2) is 8.42 Å². The number of hydrogen-bond donors (Lipinski definition) is 1. The van der Waals surface area contributed by atoms with Crippen LogP contribution in [-0.4, -0.2) is 40.3 Å². The van der Waals surface area contributed by atoms with E-state index in [1.807, 2.05) is 25.1 Å².